The summed E-state index contributed by atoms with van der Waals surface area (Å²) >= 11 is 0. The van der Waals surface area contributed by atoms with Crippen molar-refractivity contribution in [3.63, 3.8) is 0 Å². The van der Waals surface area contributed by atoms with Crippen molar-refractivity contribution in [2.24, 2.45) is 5.92 Å². The molecule has 0 aromatic carbocycles. The van der Waals surface area contributed by atoms with Crippen molar-refractivity contribution in [3.05, 3.63) is 11.6 Å². The van der Waals surface area contributed by atoms with Gasteiger partial charge >= 0.3 is 0 Å². The standard InChI is InChI=1S/C11H20N4/c1-8(2)4-5-10-13-11-9(3)12-6-7-15(11)14-10/h8-9,12H,4-7H2,1-3H3/t9-/m1/s1. The van der Waals surface area contributed by atoms with Gasteiger partial charge in [0, 0.05) is 13.0 Å². The Balaban J connectivity index is 2.08. The molecule has 84 valence electrons. The molecule has 0 radical (unpaired) electrons. The Kier molecular flexibility index (Phi) is 3.05. The van der Waals surface area contributed by atoms with Crippen LogP contribution < -0.4 is 5.32 Å². The van der Waals surface area contributed by atoms with Gasteiger partial charge in [0.25, 0.3) is 0 Å². The highest BCUT2D eigenvalue weighted by molar-refractivity contribution is 5.00. The van der Waals surface area contributed by atoms with Gasteiger partial charge in [-0.1, -0.05) is 13.8 Å². The number of nitrogens with zero attached hydrogens (tertiary/aromatic N) is 3. The molecule has 4 nitrogen and oxygen atoms in total. The molecule has 1 aliphatic heterocycles. The Labute approximate surface area is 91.1 Å². The number of nitrogens with one attached hydrogen (secondary N) is 1. The van der Waals surface area contributed by atoms with Gasteiger partial charge in [0.15, 0.2) is 5.82 Å². The number of aromatic nitrogens is 3. The highest BCUT2D eigenvalue weighted by Gasteiger charge is 2.19. The molecule has 1 aliphatic rings. The molecule has 2 heterocycles. The molecule has 0 saturated carbocycles. The molecule has 0 unspecified atom stereocenters. The summed E-state index contributed by atoms with van der Waals surface area (Å²) in [4.78, 5) is 4.59. The lowest BCUT2D eigenvalue weighted by Crippen LogP contribution is -2.32. The van der Waals surface area contributed by atoms with Crippen LogP contribution in [-0.4, -0.2) is 21.3 Å². The first kappa shape index (κ1) is 10.6. The second-order valence-corrected chi connectivity index (χ2v) is 4.72. The van der Waals surface area contributed by atoms with Gasteiger partial charge in [0.05, 0.1) is 12.6 Å². The molecule has 0 spiro atoms. The highest BCUT2D eigenvalue weighted by atomic mass is 15.4. The third-order valence-electron chi connectivity index (χ3n) is 2.85. The van der Waals surface area contributed by atoms with Crippen LogP contribution in [0.2, 0.25) is 0 Å². The summed E-state index contributed by atoms with van der Waals surface area (Å²) < 4.78 is 2.05. The molecule has 4 heteroatoms. The average Bonchev–Trinajstić information content (AvgIpc) is 2.59. The van der Waals surface area contributed by atoms with E-state index in [4.69, 9.17) is 0 Å². The van der Waals surface area contributed by atoms with Gasteiger partial charge in [-0.05, 0) is 19.3 Å². The number of aryl methyl sites for hydroxylation is 1. The zero-order valence-corrected chi connectivity index (χ0v) is 9.82. The van der Waals surface area contributed by atoms with Gasteiger partial charge in [0.2, 0.25) is 0 Å². The first-order chi connectivity index (χ1) is 7.16. The van der Waals surface area contributed by atoms with Gasteiger partial charge in [-0.15, -0.1) is 0 Å². The second-order valence-electron chi connectivity index (χ2n) is 4.72. The Hall–Kier alpha value is -0.900. The maximum absolute atomic E-state index is 4.59. The third kappa shape index (κ3) is 2.37. The largest absolute Gasteiger partial charge is 0.306 e. The van der Waals surface area contributed by atoms with E-state index in [9.17, 15) is 0 Å². The molecule has 15 heavy (non-hydrogen) atoms. The van der Waals surface area contributed by atoms with Gasteiger partial charge in [-0.25, -0.2) is 9.67 Å². The summed E-state index contributed by atoms with van der Waals surface area (Å²) in [5.41, 5.74) is 0. The summed E-state index contributed by atoms with van der Waals surface area (Å²) in [5, 5.41) is 7.93. The topological polar surface area (TPSA) is 42.7 Å². The Morgan fingerprint density at radius 3 is 3.00 bits per heavy atom. The van der Waals surface area contributed by atoms with Crippen LogP contribution in [0.25, 0.3) is 0 Å². The van der Waals surface area contributed by atoms with E-state index in [1.807, 2.05) is 0 Å². The maximum Gasteiger partial charge on any atom is 0.151 e. The number of fused-ring (bicyclic) bond motifs is 1. The SMILES string of the molecule is CC(C)CCc1nc2n(n1)CCN[C@@H]2C. The van der Waals surface area contributed by atoms with Crippen LogP contribution in [0.4, 0.5) is 0 Å². The van der Waals surface area contributed by atoms with E-state index < -0.39 is 0 Å². The van der Waals surface area contributed by atoms with Crippen molar-refractivity contribution in [2.45, 2.75) is 46.2 Å². The van der Waals surface area contributed by atoms with Gasteiger partial charge in [-0.3, -0.25) is 0 Å². The Morgan fingerprint density at radius 2 is 2.33 bits per heavy atom. The fourth-order valence-corrected chi connectivity index (χ4v) is 1.89. The van der Waals surface area contributed by atoms with E-state index in [-0.39, 0.29) is 0 Å². The van der Waals surface area contributed by atoms with Crippen LogP contribution in [-0.2, 0) is 13.0 Å². The predicted molar refractivity (Wildman–Crippen MR) is 59.6 cm³/mol. The predicted octanol–water partition coefficient (Wildman–Crippen LogP) is 1.53. The van der Waals surface area contributed by atoms with Crippen LogP contribution >= 0.6 is 0 Å². The van der Waals surface area contributed by atoms with E-state index in [0.717, 1.165) is 37.1 Å². The lowest BCUT2D eigenvalue weighted by molar-refractivity contribution is 0.410. The summed E-state index contributed by atoms with van der Waals surface area (Å²) in [6.45, 7) is 8.57. The molecule has 0 amide bonds. The van der Waals surface area contributed by atoms with E-state index >= 15 is 0 Å². The third-order valence-corrected chi connectivity index (χ3v) is 2.85. The fraction of sp³-hybridized carbons (Fsp3) is 0.818. The normalized spacial score (nSPS) is 20.7. The molecular formula is C11H20N4. The van der Waals surface area contributed by atoms with Crippen LogP contribution in [0, 0.1) is 5.92 Å². The lowest BCUT2D eigenvalue weighted by Gasteiger charge is -2.19. The van der Waals surface area contributed by atoms with E-state index in [1.165, 1.54) is 6.42 Å². The second kappa shape index (κ2) is 4.31. The molecule has 0 fully saturated rings. The first-order valence-corrected chi connectivity index (χ1v) is 5.84. The van der Waals surface area contributed by atoms with E-state index in [1.54, 1.807) is 0 Å². The summed E-state index contributed by atoms with van der Waals surface area (Å²) in [7, 11) is 0. The van der Waals surface area contributed by atoms with Crippen molar-refractivity contribution in [2.75, 3.05) is 6.54 Å². The summed E-state index contributed by atoms with van der Waals surface area (Å²) in [6, 6.07) is 0.346. The Bertz CT molecular complexity index is 329. The number of hydrogen-bond donors (Lipinski definition) is 1. The Morgan fingerprint density at radius 1 is 1.53 bits per heavy atom. The van der Waals surface area contributed by atoms with Crippen LogP contribution in [0.15, 0.2) is 0 Å². The van der Waals surface area contributed by atoms with Crippen molar-refractivity contribution in [1.82, 2.24) is 20.1 Å². The van der Waals surface area contributed by atoms with Gasteiger partial charge in [0.1, 0.15) is 5.82 Å². The first-order valence-electron chi connectivity index (χ1n) is 5.84. The van der Waals surface area contributed by atoms with Crippen LogP contribution in [0.3, 0.4) is 0 Å². The molecule has 2 rings (SSSR count). The molecule has 0 saturated heterocycles. The quantitative estimate of drug-likeness (QED) is 0.819. The fourth-order valence-electron chi connectivity index (χ4n) is 1.89. The highest BCUT2D eigenvalue weighted by Crippen LogP contribution is 2.15. The minimum atomic E-state index is 0.346. The molecule has 1 N–H and O–H groups in total. The minimum absolute atomic E-state index is 0.346. The zero-order chi connectivity index (χ0) is 10.8. The zero-order valence-electron chi connectivity index (χ0n) is 9.82. The molecule has 1 aromatic heterocycles. The minimum Gasteiger partial charge on any atom is -0.306 e. The monoisotopic (exact) mass is 208 g/mol. The molecule has 1 aromatic rings. The van der Waals surface area contributed by atoms with Gasteiger partial charge < -0.3 is 5.32 Å². The number of rotatable bonds is 3. The number of hydrogen-bond acceptors (Lipinski definition) is 3. The molecule has 1 atom stereocenters. The summed E-state index contributed by atoms with van der Waals surface area (Å²) in [6.07, 6.45) is 2.18. The average molecular weight is 208 g/mol. The van der Waals surface area contributed by atoms with Crippen LogP contribution in [0.5, 0.6) is 0 Å². The molecular weight excluding hydrogens is 188 g/mol. The van der Waals surface area contributed by atoms with Crippen LogP contribution in [0.1, 0.15) is 44.9 Å². The van der Waals surface area contributed by atoms with E-state index in [2.05, 4.69) is 40.9 Å². The summed E-state index contributed by atoms with van der Waals surface area (Å²) in [5.74, 6) is 2.83. The van der Waals surface area contributed by atoms with Crippen molar-refractivity contribution in [1.29, 1.82) is 0 Å². The van der Waals surface area contributed by atoms with Gasteiger partial charge in [-0.2, -0.15) is 5.10 Å². The maximum atomic E-state index is 4.59. The van der Waals surface area contributed by atoms with Crippen molar-refractivity contribution < 1.29 is 0 Å². The smallest absolute Gasteiger partial charge is 0.151 e. The van der Waals surface area contributed by atoms with Crippen molar-refractivity contribution >= 4 is 0 Å². The lowest BCUT2D eigenvalue weighted by atomic mass is 10.1. The molecule has 0 aliphatic carbocycles. The van der Waals surface area contributed by atoms with E-state index in [0.29, 0.717) is 6.04 Å². The molecule has 0 bridgehead atoms. The van der Waals surface area contributed by atoms with Crippen molar-refractivity contribution in [3.8, 4) is 0 Å².